The summed E-state index contributed by atoms with van der Waals surface area (Å²) in [5, 5.41) is 0. The zero-order valence-electron chi connectivity index (χ0n) is 12.5. The van der Waals surface area contributed by atoms with Gasteiger partial charge >= 0.3 is 5.97 Å². The highest BCUT2D eigenvalue weighted by Crippen LogP contribution is 2.10. The number of carbonyl (C=O) groups is 1. The number of hydrogen-bond acceptors (Lipinski definition) is 4. The number of aromatic nitrogens is 2. The number of rotatable bonds is 7. The van der Waals surface area contributed by atoms with E-state index < -0.39 is 8.07 Å². The highest BCUT2D eigenvalue weighted by atomic mass is 28.3. The van der Waals surface area contributed by atoms with Gasteiger partial charge in [0.15, 0.2) is 5.69 Å². The van der Waals surface area contributed by atoms with E-state index in [0.717, 1.165) is 18.3 Å². The predicted octanol–water partition coefficient (Wildman–Crippen LogP) is 2.68. The molecule has 0 saturated carbocycles. The Bertz CT molecular complexity index is 424. The third-order valence-corrected chi connectivity index (χ3v) is 4.50. The number of hydrogen-bond donors (Lipinski definition) is 0. The summed E-state index contributed by atoms with van der Waals surface area (Å²) in [6.07, 6.45) is 1.62. The highest BCUT2D eigenvalue weighted by molar-refractivity contribution is 6.76. The maximum atomic E-state index is 11.6. The van der Waals surface area contributed by atoms with Crippen LogP contribution in [0.1, 0.15) is 23.1 Å². The van der Waals surface area contributed by atoms with Crippen LogP contribution in [-0.4, -0.2) is 36.8 Å². The fourth-order valence-electron chi connectivity index (χ4n) is 1.51. The third-order valence-electron chi connectivity index (χ3n) is 2.80. The van der Waals surface area contributed by atoms with Crippen molar-refractivity contribution in [2.45, 2.75) is 46.3 Å². The molecule has 109 valence electrons. The Morgan fingerprint density at radius 3 is 2.68 bits per heavy atom. The van der Waals surface area contributed by atoms with E-state index in [1.165, 1.54) is 0 Å². The molecule has 0 spiro atoms. The summed E-state index contributed by atoms with van der Waals surface area (Å²) in [6.45, 7) is 12.1. The molecule has 1 rings (SSSR count). The second-order valence-corrected chi connectivity index (χ2v) is 11.3. The van der Waals surface area contributed by atoms with Gasteiger partial charge in [-0.2, -0.15) is 19.6 Å². The highest BCUT2D eigenvalue weighted by Gasteiger charge is 2.15. The van der Waals surface area contributed by atoms with Crippen molar-refractivity contribution >= 4 is 14.0 Å². The normalized spacial score (nSPS) is 11.6. The molecule has 1 heterocycles. The standard InChI is InChI=1S/C13H24N2O3Si/c1-6-18-13(16)12-11(2)15(9-14-12)10-17-7-8-19(3,4)5/h9H,6-8,10H2,1-5H3/q-1. The summed E-state index contributed by atoms with van der Waals surface area (Å²) >= 11 is 0. The second kappa shape index (κ2) is 6.86. The third kappa shape index (κ3) is 5.16. The van der Waals surface area contributed by atoms with Gasteiger partial charge in [-0.05, 0) is 13.8 Å². The first-order chi connectivity index (χ1) is 8.85. The Morgan fingerprint density at radius 1 is 1.42 bits per heavy atom. The summed E-state index contributed by atoms with van der Waals surface area (Å²) in [7, 11) is -1.06. The van der Waals surface area contributed by atoms with E-state index >= 15 is 0 Å². The average molecular weight is 284 g/mol. The maximum Gasteiger partial charge on any atom is 0.358 e. The van der Waals surface area contributed by atoms with Gasteiger partial charge in [0, 0.05) is 6.61 Å². The van der Waals surface area contributed by atoms with Crippen LogP contribution in [0.3, 0.4) is 0 Å². The zero-order valence-corrected chi connectivity index (χ0v) is 13.5. The van der Waals surface area contributed by atoms with E-state index in [-0.39, 0.29) is 5.97 Å². The van der Waals surface area contributed by atoms with Gasteiger partial charge in [-0.3, -0.25) is 0 Å². The molecule has 0 aliphatic heterocycles. The number of imidazole rings is 1. The molecular weight excluding hydrogens is 260 g/mol. The Hall–Kier alpha value is -1.14. The Kier molecular flexibility index (Phi) is 5.75. The van der Waals surface area contributed by atoms with Crippen molar-refractivity contribution in [2.24, 2.45) is 0 Å². The smallest absolute Gasteiger partial charge is 0.358 e. The molecular formula is C13H24N2O3Si-. The molecule has 0 unspecified atom stereocenters. The molecule has 0 bridgehead atoms. The van der Waals surface area contributed by atoms with Crippen LogP contribution in [-0.2, 0) is 16.2 Å². The summed E-state index contributed by atoms with van der Waals surface area (Å²) in [5.41, 5.74) is 1.15. The quantitative estimate of drug-likeness (QED) is 0.439. The lowest BCUT2D eigenvalue weighted by molar-refractivity contribution is 0.0517. The van der Waals surface area contributed by atoms with Crippen LogP contribution >= 0.6 is 0 Å². The number of carbonyl (C=O) groups excluding carboxylic acids is 1. The molecule has 0 radical (unpaired) electrons. The van der Waals surface area contributed by atoms with Crippen molar-refractivity contribution in [2.75, 3.05) is 13.2 Å². The van der Waals surface area contributed by atoms with Crippen LogP contribution in [0.2, 0.25) is 25.7 Å². The summed E-state index contributed by atoms with van der Waals surface area (Å²) < 4.78 is 12.4. The average Bonchev–Trinajstić information content (AvgIpc) is 2.65. The molecule has 0 N–H and O–H groups in total. The van der Waals surface area contributed by atoms with Gasteiger partial charge in [-0.15, -0.1) is 14.1 Å². The van der Waals surface area contributed by atoms with Gasteiger partial charge in [0.25, 0.3) is 0 Å². The Balaban J connectivity index is 2.50. The van der Waals surface area contributed by atoms with Crippen LogP contribution in [0.15, 0.2) is 6.33 Å². The first-order valence-corrected chi connectivity index (χ1v) is 10.3. The van der Waals surface area contributed by atoms with Crippen molar-refractivity contribution in [1.82, 2.24) is 9.55 Å². The molecule has 0 aliphatic carbocycles. The van der Waals surface area contributed by atoms with Crippen LogP contribution in [0.4, 0.5) is 0 Å². The first-order valence-electron chi connectivity index (χ1n) is 6.61. The maximum absolute atomic E-state index is 11.6. The van der Waals surface area contributed by atoms with Crippen molar-refractivity contribution in [3.05, 3.63) is 17.7 Å². The van der Waals surface area contributed by atoms with Crippen LogP contribution in [0, 0.1) is 6.92 Å². The SMILES string of the molecule is CCOC(=O)c1ncn(COCC[Si-](C)(C)C)c1C. The van der Waals surface area contributed by atoms with Gasteiger partial charge in [-0.25, -0.2) is 9.78 Å². The molecule has 6 heteroatoms. The second-order valence-electron chi connectivity index (χ2n) is 5.72. The van der Waals surface area contributed by atoms with Crippen molar-refractivity contribution < 1.29 is 14.3 Å². The van der Waals surface area contributed by atoms with Gasteiger partial charge in [0.1, 0.15) is 6.73 Å². The van der Waals surface area contributed by atoms with Crippen molar-refractivity contribution in [3.8, 4) is 0 Å². The molecule has 0 atom stereocenters. The summed E-state index contributed by atoms with van der Waals surface area (Å²) in [6, 6.07) is 1.13. The molecule has 1 aromatic rings. The lowest BCUT2D eigenvalue weighted by Gasteiger charge is -2.26. The molecule has 0 amide bonds. The molecule has 1 aromatic heterocycles. The summed E-state index contributed by atoms with van der Waals surface area (Å²) in [5.74, 6) is -0.374. The van der Waals surface area contributed by atoms with E-state index in [0.29, 0.717) is 19.0 Å². The molecule has 0 fully saturated rings. The van der Waals surface area contributed by atoms with Crippen molar-refractivity contribution in [3.63, 3.8) is 0 Å². The molecule has 19 heavy (non-hydrogen) atoms. The number of ether oxygens (including phenoxy) is 2. The van der Waals surface area contributed by atoms with Gasteiger partial charge in [0.05, 0.1) is 18.6 Å². The monoisotopic (exact) mass is 284 g/mol. The topological polar surface area (TPSA) is 53.3 Å². The van der Waals surface area contributed by atoms with Gasteiger partial charge in [0.2, 0.25) is 0 Å². The Morgan fingerprint density at radius 2 is 2.11 bits per heavy atom. The fraction of sp³-hybridized carbons (Fsp3) is 0.692. The van der Waals surface area contributed by atoms with Crippen LogP contribution < -0.4 is 0 Å². The number of esters is 1. The molecule has 5 nitrogen and oxygen atoms in total. The predicted molar refractivity (Wildman–Crippen MR) is 77.0 cm³/mol. The largest absolute Gasteiger partial charge is 0.461 e. The minimum atomic E-state index is -1.06. The van der Waals surface area contributed by atoms with E-state index in [2.05, 4.69) is 24.6 Å². The zero-order chi connectivity index (χ0) is 14.5. The lowest BCUT2D eigenvalue weighted by atomic mass is 10.3. The van der Waals surface area contributed by atoms with Crippen LogP contribution in [0.5, 0.6) is 0 Å². The molecule has 0 saturated heterocycles. The van der Waals surface area contributed by atoms with Crippen LogP contribution in [0.25, 0.3) is 0 Å². The minimum Gasteiger partial charge on any atom is -0.461 e. The van der Waals surface area contributed by atoms with E-state index in [9.17, 15) is 4.79 Å². The molecule has 0 aliphatic rings. The lowest BCUT2D eigenvalue weighted by Crippen LogP contribution is -2.22. The van der Waals surface area contributed by atoms with Crippen molar-refractivity contribution in [1.29, 1.82) is 0 Å². The Labute approximate surface area is 115 Å². The summed E-state index contributed by atoms with van der Waals surface area (Å²) in [4.78, 5) is 15.7. The van der Waals surface area contributed by atoms with E-state index in [1.807, 2.05) is 11.5 Å². The van der Waals surface area contributed by atoms with Gasteiger partial charge in [-0.1, -0.05) is 0 Å². The first kappa shape index (κ1) is 15.9. The number of nitrogens with zero attached hydrogens (tertiary/aromatic N) is 2. The van der Waals surface area contributed by atoms with E-state index in [4.69, 9.17) is 9.47 Å². The fourth-order valence-corrected chi connectivity index (χ4v) is 2.27. The van der Waals surface area contributed by atoms with Gasteiger partial charge < -0.3 is 14.0 Å². The minimum absolute atomic E-state index is 0.359. The molecule has 0 aromatic carbocycles. The van der Waals surface area contributed by atoms with E-state index in [1.54, 1.807) is 13.3 Å².